The van der Waals surface area contributed by atoms with Crippen LogP contribution in [0.1, 0.15) is 54.4 Å². The summed E-state index contributed by atoms with van der Waals surface area (Å²) in [6.07, 6.45) is 0.800. The van der Waals surface area contributed by atoms with Gasteiger partial charge in [0.15, 0.2) is 0 Å². The molecule has 2 aromatic rings. The molecule has 1 aromatic carbocycles. The van der Waals surface area contributed by atoms with E-state index in [0.29, 0.717) is 12.1 Å². The largest absolute Gasteiger partial charge is 0.496 e. The van der Waals surface area contributed by atoms with Gasteiger partial charge in [-0.1, -0.05) is 12.1 Å². The van der Waals surface area contributed by atoms with Crippen molar-refractivity contribution in [1.82, 2.24) is 19.6 Å². The first kappa shape index (κ1) is 22.8. The zero-order chi connectivity index (χ0) is 21.8. The van der Waals surface area contributed by atoms with E-state index in [2.05, 4.69) is 67.3 Å². The molecule has 2 heterocycles. The van der Waals surface area contributed by atoms with Gasteiger partial charge in [-0.3, -0.25) is 14.5 Å². The maximum atomic E-state index is 9.67. The Morgan fingerprint density at radius 2 is 1.93 bits per heavy atom. The summed E-state index contributed by atoms with van der Waals surface area (Å²) in [4.78, 5) is 5.04. The Morgan fingerprint density at radius 3 is 2.53 bits per heavy atom. The van der Waals surface area contributed by atoms with Gasteiger partial charge in [0, 0.05) is 62.7 Å². The van der Waals surface area contributed by atoms with E-state index >= 15 is 0 Å². The minimum absolute atomic E-state index is 0.222. The SMILES string of the molecule is COc1ccc(CN2CCN(Cc3c(C)nn(C(C)C)c3C)C[C@@H]2CCO)cc1C. The molecular weight excluding hydrogens is 376 g/mol. The lowest BCUT2D eigenvalue weighted by Gasteiger charge is -2.41. The molecule has 0 aliphatic carbocycles. The highest BCUT2D eigenvalue weighted by Crippen LogP contribution is 2.24. The van der Waals surface area contributed by atoms with E-state index in [1.165, 1.54) is 22.4 Å². The van der Waals surface area contributed by atoms with E-state index < -0.39 is 0 Å². The Bertz CT molecular complexity index is 846. The Kier molecular flexibility index (Phi) is 7.55. The smallest absolute Gasteiger partial charge is 0.121 e. The highest BCUT2D eigenvalue weighted by atomic mass is 16.5. The second-order valence-corrected chi connectivity index (χ2v) is 8.86. The second-order valence-electron chi connectivity index (χ2n) is 8.86. The molecular formula is C24H38N4O2. The highest BCUT2D eigenvalue weighted by Gasteiger charge is 2.28. The third kappa shape index (κ3) is 5.05. The van der Waals surface area contributed by atoms with E-state index in [0.717, 1.165) is 50.6 Å². The fourth-order valence-corrected chi connectivity index (χ4v) is 4.66. The molecule has 1 saturated heterocycles. The summed E-state index contributed by atoms with van der Waals surface area (Å²) >= 11 is 0. The average Bonchev–Trinajstić information content (AvgIpc) is 2.99. The summed E-state index contributed by atoms with van der Waals surface area (Å²) < 4.78 is 7.53. The van der Waals surface area contributed by atoms with Crippen LogP contribution < -0.4 is 4.74 Å². The van der Waals surface area contributed by atoms with Crippen LogP contribution in [0.5, 0.6) is 5.75 Å². The minimum atomic E-state index is 0.222. The van der Waals surface area contributed by atoms with Gasteiger partial charge in [-0.2, -0.15) is 5.10 Å². The fourth-order valence-electron chi connectivity index (χ4n) is 4.66. The number of aliphatic hydroxyl groups is 1. The molecule has 30 heavy (non-hydrogen) atoms. The van der Waals surface area contributed by atoms with E-state index in [-0.39, 0.29) is 6.61 Å². The number of nitrogens with zero attached hydrogens (tertiary/aromatic N) is 4. The van der Waals surface area contributed by atoms with Gasteiger partial charge in [-0.25, -0.2) is 0 Å². The molecule has 6 heteroatoms. The first-order valence-electron chi connectivity index (χ1n) is 11.1. The molecule has 0 spiro atoms. The Labute approximate surface area is 181 Å². The molecule has 0 radical (unpaired) electrons. The van der Waals surface area contributed by atoms with Gasteiger partial charge in [-0.05, 0) is 58.2 Å². The van der Waals surface area contributed by atoms with Gasteiger partial charge in [0.25, 0.3) is 0 Å². The first-order valence-corrected chi connectivity index (χ1v) is 11.1. The predicted octanol–water partition coefficient (Wildman–Crippen LogP) is 3.47. The lowest BCUT2D eigenvalue weighted by molar-refractivity contribution is 0.0497. The van der Waals surface area contributed by atoms with Crippen LogP contribution in [-0.2, 0) is 13.1 Å². The molecule has 0 bridgehead atoms. The lowest BCUT2D eigenvalue weighted by atomic mass is 10.0. The molecule has 166 valence electrons. The zero-order valence-electron chi connectivity index (χ0n) is 19.5. The van der Waals surface area contributed by atoms with Crippen molar-refractivity contribution < 1.29 is 9.84 Å². The molecule has 1 fully saturated rings. The Morgan fingerprint density at radius 1 is 1.17 bits per heavy atom. The molecule has 1 aliphatic rings. The van der Waals surface area contributed by atoms with Crippen LogP contribution in [0.15, 0.2) is 18.2 Å². The van der Waals surface area contributed by atoms with Crippen LogP contribution >= 0.6 is 0 Å². The standard InChI is InChI=1S/C24H38N4O2/c1-17(2)28-20(5)23(19(4)25-28)16-26-10-11-27(22(15-26)9-12-29)14-21-7-8-24(30-6)18(3)13-21/h7-8,13,17,22,29H,9-12,14-16H2,1-6H3/t22-/m0/s1. The highest BCUT2D eigenvalue weighted by molar-refractivity contribution is 5.36. The van der Waals surface area contributed by atoms with Gasteiger partial charge in [0.05, 0.1) is 12.8 Å². The van der Waals surface area contributed by atoms with Gasteiger partial charge in [0.2, 0.25) is 0 Å². The summed E-state index contributed by atoms with van der Waals surface area (Å²) in [5.41, 5.74) is 6.23. The molecule has 1 N–H and O–H groups in total. The van der Waals surface area contributed by atoms with Crippen LogP contribution in [0.25, 0.3) is 0 Å². The maximum absolute atomic E-state index is 9.67. The third-order valence-electron chi connectivity index (χ3n) is 6.34. The number of methoxy groups -OCH3 is 1. The quantitative estimate of drug-likeness (QED) is 0.717. The van der Waals surface area contributed by atoms with E-state index in [9.17, 15) is 5.11 Å². The fraction of sp³-hybridized carbons (Fsp3) is 0.625. The number of aliphatic hydroxyl groups excluding tert-OH is 1. The molecule has 0 amide bonds. The van der Waals surface area contributed by atoms with Crippen LogP contribution in [0.2, 0.25) is 0 Å². The normalized spacial score (nSPS) is 18.3. The number of aromatic nitrogens is 2. The number of aryl methyl sites for hydroxylation is 2. The molecule has 6 nitrogen and oxygen atoms in total. The topological polar surface area (TPSA) is 53.8 Å². The Hall–Kier alpha value is -1.89. The van der Waals surface area contributed by atoms with Gasteiger partial charge < -0.3 is 9.84 Å². The Balaban J connectivity index is 1.69. The second kappa shape index (κ2) is 9.94. The molecule has 1 atom stereocenters. The number of ether oxygens (including phenoxy) is 1. The molecule has 1 aliphatic heterocycles. The van der Waals surface area contributed by atoms with Crippen molar-refractivity contribution >= 4 is 0 Å². The van der Waals surface area contributed by atoms with Crippen molar-refractivity contribution in [3.8, 4) is 5.75 Å². The van der Waals surface area contributed by atoms with Crippen LogP contribution in [-0.4, -0.2) is 64.1 Å². The third-order valence-corrected chi connectivity index (χ3v) is 6.34. The zero-order valence-corrected chi connectivity index (χ0v) is 19.5. The van der Waals surface area contributed by atoms with Gasteiger partial charge >= 0.3 is 0 Å². The summed E-state index contributed by atoms with van der Waals surface area (Å²) in [5.74, 6) is 0.933. The first-order chi connectivity index (χ1) is 14.3. The lowest BCUT2D eigenvalue weighted by Crippen LogP contribution is -2.52. The van der Waals surface area contributed by atoms with Crippen molar-refractivity contribution in [3.63, 3.8) is 0 Å². The number of hydrogen-bond acceptors (Lipinski definition) is 5. The van der Waals surface area contributed by atoms with Crippen molar-refractivity contribution in [2.75, 3.05) is 33.4 Å². The summed E-state index contributed by atoms with van der Waals surface area (Å²) in [7, 11) is 1.72. The van der Waals surface area contributed by atoms with Crippen LogP contribution in [0, 0.1) is 20.8 Å². The maximum Gasteiger partial charge on any atom is 0.121 e. The number of hydrogen-bond donors (Lipinski definition) is 1. The number of rotatable bonds is 8. The van der Waals surface area contributed by atoms with E-state index in [4.69, 9.17) is 9.84 Å². The minimum Gasteiger partial charge on any atom is -0.496 e. The van der Waals surface area contributed by atoms with Crippen molar-refractivity contribution in [1.29, 1.82) is 0 Å². The summed E-state index contributed by atoms with van der Waals surface area (Å²) in [5, 5.41) is 14.4. The van der Waals surface area contributed by atoms with Crippen molar-refractivity contribution in [3.05, 3.63) is 46.3 Å². The van der Waals surface area contributed by atoms with Crippen LogP contribution in [0.3, 0.4) is 0 Å². The van der Waals surface area contributed by atoms with Crippen LogP contribution in [0.4, 0.5) is 0 Å². The predicted molar refractivity (Wildman–Crippen MR) is 121 cm³/mol. The summed E-state index contributed by atoms with van der Waals surface area (Å²) in [6.45, 7) is 15.8. The van der Waals surface area contributed by atoms with E-state index in [1.54, 1.807) is 7.11 Å². The molecule has 3 rings (SSSR count). The number of benzene rings is 1. The van der Waals surface area contributed by atoms with Gasteiger partial charge in [0.1, 0.15) is 5.75 Å². The molecule has 0 unspecified atom stereocenters. The summed E-state index contributed by atoms with van der Waals surface area (Å²) in [6, 6.07) is 7.16. The van der Waals surface area contributed by atoms with Gasteiger partial charge in [-0.15, -0.1) is 0 Å². The monoisotopic (exact) mass is 414 g/mol. The number of piperazine rings is 1. The molecule has 1 aromatic heterocycles. The van der Waals surface area contributed by atoms with Crippen molar-refractivity contribution in [2.24, 2.45) is 0 Å². The van der Waals surface area contributed by atoms with E-state index in [1.807, 2.05) is 0 Å². The molecule has 0 saturated carbocycles. The average molecular weight is 415 g/mol. The van der Waals surface area contributed by atoms with Crippen molar-refractivity contribution in [2.45, 2.75) is 66.2 Å².